The van der Waals surface area contributed by atoms with Gasteiger partial charge in [-0.1, -0.05) is 20.3 Å². The molecule has 1 amide bonds. The molecule has 0 radical (unpaired) electrons. The summed E-state index contributed by atoms with van der Waals surface area (Å²) in [7, 11) is 1.44. The highest BCUT2D eigenvalue weighted by atomic mass is 16.5. The fourth-order valence-corrected chi connectivity index (χ4v) is 1.64. The van der Waals surface area contributed by atoms with Gasteiger partial charge in [0, 0.05) is 24.9 Å². The van der Waals surface area contributed by atoms with E-state index in [1.54, 1.807) is 0 Å². The number of aldehydes is 1. The van der Waals surface area contributed by atoms with E-state index in [2.05, 4.69) is 17.6 Å². The first-order valence-corrected chi connectivity index (χ1v) is 6.80. The highest BCUT2D eigenvalue weighted by molar-refractivity contribution is 5.94. The molecule has 5 nitrogen and oxygen atoms in total. The Balaban J connectivity index is 4.44. The molecule has 0 aliphatic carbocycles. The minimum Gasteiger partial charge on any atom is -0.388 e. The van der Waals surface area contributed by atoms with Crippen molar-refractivity contribution in [3.63, 3.8) is 0 Å². The van der Waals surface area contributed by atoms with Gasteiger partial charge >= 0.3 is 0 Å². The summed E-state index contributed by atoms with van der Waals surface area (Å²) in [5.74, 6) is -0.145. The summed E-state index contributed by atoms with van der Waals surface area (Å²) in [5.41, 5.74) is 1.62. The van der Waals surface area contributed by atoms with Crippen LogP contribution in [0.15, 0.2) is 11.3 Å². The first-order chi connectivity index (χ1) is 9.10. The van der Waals surface area contributed by atoms with Gasteiger partial charge in [-0.15, -0.1) is 0 Å². The molecule has 0 fully saturated rings. The van der Waals surface area contributed by atoms with Crippen LogP contribution in [-0.4, -0.2) is 38.5 Å². The van der Waals surface area contributed by atoms with E-state index in [1.165, 1.54) is 7.11 Å². The molecular formula is C14H26N2O3. The lowest BCUT2D eigenvalue weighted by Crippen LogP contribution is -2.35. The zero-order chi connectivity index (χ0) is 14.7. The van der Waals surface area contributed by atoms with Crippen LogP contribution in [0.5, 0.6) is 0 Å². The van der Waals surface area contributed by atoms with Gasteiger partial charge in [-0.25, -0.2) is 0 Å². The van der Waals surface area contributed by atoms with Gasteiger partial charge in [0.25, 0.3) is 0 Å². The first kappa shape index (κ1) is 17.6. The summed E-state index contributed by atoms with van der Waals surface area (Å²) in [5, 5.41) is 5.96. The maximum Gasteiger partial charge on any atom is 0.249 e. The maximum atomic E-state index is 12.0. The van der Waals surface area contributed by atoms with Crippen LogP contribution in [0.3, 0.4) is 0 Å². The Bertz CT molecular complexity index is 314. The van der Waals surface area contributed by atoms with Gasteiger partial charge in [0.15, 0.2) is 6.29 Å². The summed E-state index contributed by atoms with van der Waals surface area (Å²) < 4.78 is 4.89. The number of unbranched alkanes of at least 4 members (excludes halogenated alkanes) is 1. The van der Waals surface area contributed by atoms with Crippen LogP contribution in [0.25, 0.3) is 0 Å². The largest absolute Gasteiger partial charge is 0.388 e. The summed E-state index contributed by atoms with van der Waals surface area (Å²) in [6.45, 7) is 7.03. The van der Waals surface area contributed by atoms with Crippen LogP contribution >= 0.6 is 0 Å². The Morgan fingerprint density at radius 2 is 2.00 bits per heavy atom. The Morgan fingerprint density at radius 1 is 1.32 bits per heavy atom. The van der Waals surface area contributed by atoms with Crippen molar-refractivity contribution in [2.45, 2.75) is 46.1 Å². The van der Waals surface area contributed by atoms with E-state index in [0.717, 1.165) is 30.7 Å². The Hall–Kier alpha value is -1.36. The van der Waals surface area contributed by atoms with Crippen molar-refractivity contribution < 1.29 is 14.3 Å². The predicted molar refractivity (Wildman–Crippen MR) is 75.8 cm³/mol. The Labute approximate surface area is 115 Å². The van der Waals surface area contributed by atoms with E-state index in [1.807, 2.05) is 13.8 Å². The molecule has 1 atom stereocenters. The molecular weight excluding hydrogens is 244 g/mol. The lowest BCUT2D eigenvalue weighted by Gasteiger charge is -2.14. The van der Waals surface area contributed by atoms with Crippen LogP contribution in [0.4, 0.5) is 0 Å². The van der Waals surface area contributed by atoms with Crippen LogP contribution < -0.4 is 10.6 Å². The average Bonchev–Trinajstić information content (AvgIpc) is 2.41. The van der Waals surface area contributed by atoms with E-state index in [4.69, 9.17) is 4.74 Å². The molecule has 0 bridgehead atoms. The number of carbonyl (C=O) groups is 2. The molecule has 1 unspecified atom stereocenters. The SMILES string of the molecule is CCCCN/C(C)=C(\CC)C(=O)NCC(C=O)OC. The van der Waals surface area contributed by atoms with Gasteiger partial charge in [0.05, 0.1) is 6.54 Å². The predicted octanol–water partition coefficient (Wildman–Crippen LogP) is 1.39. The lowest BCUT2D eigenvalue weighted by atomic mass is 10.1. The third-order valence-electron chi connectivity index (χ3n) is 2.92. The number of amides is 1. The van der Waals surface area contributed by atoms with Gasteiger partial charge in [0.2, 0.25) is 5.91 Å². The normalized spacial score (nSPS) is 13.5. The number of methoxy groups -OCH3 is 1. The molecule has 0 aliphatic heterocycles. The van der Waals surface area contributed by atoms with Crippen LogP contribution in [0.2, 0.25) is 0 Å². The number of ether oxygens (including phenoxy) is 1. The van der Waals surface area contributed by atoms with Crippen molar-refractivity contribution in [1.29, 1.82) is 0 Å². The van der Waals surface area contributed by atoms with E-state index in [-0.39, 0.29) is 12.5 Å². The molecule has 0 aromatic carbocycles. The van der Waals surface area contributed by atoms with Crippen molar-refractivity contribution in [3.05, 3.63) is 11.3 Å². The number of carbonyl (C=O) groups excluding carboxylic acids is 2. The number of hydrogen-bond donors (Lipinski definition) is 2. The number of nitrogens with one attached hydrogen (secondary N) is 2. The molecule has 0 heterocycles. The number of hydrogen-bond acceptors (Lipinski definition) is 4. The van der Waals surface area contributed by atoms with Gasteiger partial charge in [-0.05, 0) is 19.8 Å². The molecule has 0 aromatic heterocycles. The third kappa shape index (κ3) is 6.96. The average molecular weight is 270 g/mol. The van der Waals surface area contributed by atoms with E-state index in [9.17, 15) is 9.59 Å². The highest BCUT2D eigenvalue weighted by Gasteiger charge is 2.13. The summed E-state index contributed by atoms with van der Waals surface area (Å²) in [6, 6.07) is 0. The number of allylic oxidation sites excluding steroid dienone is 1. The minimum absolute atomic E-state index is 0.145. The smallest absolute Gasteiger partial charge is 0.249 e. The van der Waals surface area contributed by atoms with E-state index in [0.29, 0.717) is 12.7 Å². The monoisotopic (exact) mass is 270 g/mol. The fourth-order valence-electron chi connectivity index (χ4n) is 1.64. The molecule has 110 valence electrons. The van der Waals surface area contributed by atoms with E-state index < -0.39 is 6.10 Å². The molecule has 0 spiro atoms. The second-order valence-electron chi connectivity index (χ2n) is 4.36. The van der Waals surface area contributed by atoms with Gasteiger partial charge in [0.1, 0.15) is 6.10 Å². The Kier molecular flexibility index (Phi) is 9.80. The summed E-state index contributed by atoms with van der Waals surface area (Å²) in [4.78, 5) is 22.6. The van der Waals surface area contributed by atoms with Crippen molar-refractivity contribution in [2.24, 2.45) is 0 Å². The van der Waals surface area contributed by atoms with Gasteiger partial charge < -0.3 is 20.2 Å². The van der Waals surface area contributed by atoms with Crippen LogP contribution in [0.1, 0.15) is 40.0 Å². The molecule has 5 heteroatoms. The molecule has 0 aliphatic rings. The lowest BCUT2D eigenvalue weighted by molar-refractivity contribution is -0.120. The van der Waals surface area contributed by atoms with Crippen LogP contribution in [-0.2, 0) is 14.3 Å². The van der Waals surface area contributed by atoms with Crippen molar-refractivity contribution in [1.82, 2.24) is 10.6 Å². The molecule has 0 saturated heterocycles. The van der Waals surface area contributed by atoms with Crippen molar-refractivity contribution in [2.75, 3.05) is 20.2 Å². The van der Waals surface area contributed by atoms with Crippen LogP contribution in [0, 0.1) is 0 Å². The standard InChI is InChI=1S/C14H26N2O3/c1-5-7-8-15-11(3)13(6-2)14(18)16-9-12(10-17)19-4/h10,12,15H,5-9H2,1-4H3,(H,16,18)/b13-11+. The van der Waals surface area contributed by atoms with Gasteiger partial charge in [-0.2, -0.15) is 0 Å². The fraction of sp³-hybridized carbons (Fsp3) is 0.714. The second-order valence-corrected chi connectivity index (χ2v) is 4.36. The molecule has 0 rings (SSSR count). The minimum atomic E-state index is -0.588. The molecule has 0 aromatic rings. The zero-order valence-corrected chi connectivity index (χ0v) is 12.4. The molecule has 2 N–H and O–H groups in total. The zero-order valence-electron chi connectivity index (χ0n) is 12.4. The highest BCUT2D eigenvalue weighted by Crippen LogP contribution is 2.06. The Morgan fingerprint density at radius 3 is 2.47 bits per heavy atom. The summed E-state index contributed by atoms with van der Waals surface area (Å²) in [6.07, 6.45) is 2.93. The first-order valence-electron chi connectivity index (χ1n) is 6.80. The molecule has 19 heavy (non-hydrogen) atoms. The van der Waals surface area contributed by atoms with Crippen molar-refractivity contribution >= 4 is 12.2 Å². The topological polar surface area (TPSA) is 67.4 Å². The third-order valence-corrected chi connectivity index (χ3v) is 2.92. The van der Waals surface area contributed by atoms with Gasteiger partial charge in [-0.3, -0.25) is 4.79 Å². The maximum absolute atomic E-state index is 12.0. The van der Waals surface area contributed by atoms with E-state index >= 15 is 0 Å². The molecule has 0 saturated carbocycles. The quantitative estimate of drug-likeness (QED) is 0.358. The summed E-state index contributed by atoms with van der Waals surface area (Å²) >= 11 is 0. The second kappa shape index (κ2) is 10.6. The van der Waals surface area contributed by atoms with Crippen molar-refractivity contribution in [3.8, 4) is 0 Å². The number of rotatable bonds is 10.